The van der Waals surface area contributed by atoms with Gasteiger partial charge >= 0.3 is 12.0 Å². The van der Waals surface area contributed by atoms with Crippen LogP contribution < -0.4 is 10.1 Å². The van der Waals surface area contributed by atoms with Crippen LogP contribution in [-0.4, -0.2) is 48.8 Å². The van der Waals surface area contributed by atoms with E-state index in [-0.39, 0.29) is 24.4 Å². The van der Waals surface area contributed by atoms with E-state index in [1.165, 1.54) is 0 Å². The summed E-state index contributed by atoms with van der Waals surface area (Å²) in [6.45, 7) is 7.51. The topological polar surface area (TPSA) is 78.9 Å². The zero-order valence-electron chi connectivity index (χ0n) is 15.0. The number of aliphatic carboxylic acids is 1. The number of carbonyl (C=O) groups excluding carboxylic acids is 1. The van der Waals surface area contributed by atoms with Crippen LogP contribution in [0.25, 0.3) is 0 Å². The summed E-state index contributed by atoms with van der Waals surface area (Å²) in [6, 6.07) is 7.54. The summed E-state index contributed by atoms with van der Waals surface area (Å²) in [4.78, 5) is 24.6. The Bertz CT molecular complexity index is 535. The molecule has 0 saturated carbocycles. The lowest BCUT2D eigenvalue weighted by Crippen LogP contribution is -2.45. The maximum absolute atomic E-state index is 12.3. The van der Waals surface area contributed by atoms with Gasteiger partial charge in [0.15, 0.2) is 0 Å². The van der Waals surface area contributed by atoms with E-state index in [1.54, 1.807) is 12.0 Å². The second kappa shape index (κ2) is 9.15. The Morgan fingerprint density at radius 1 is 1.21 bits per heavy atom. The number of amides is 2. The number of rotatable bonds is 8. The zero-order chi connectivity index (χ0) is 18.2. The van der Waals surface area contributed by atoms with E-state index in [4.69, 9.17) is 9.84 Å². The minimum Gasteiger partial charge on any atom is -0.497 e. The van der Waals surface area contributed by atoms with Gasteiger partial charge in [-0.25, -0.2) is 4.79 Å². The summed E-state index contributed by atoms with van der Waals surface area (Å²) in [6.07, 6.45) is 0.653. The Balaban J connectivity index is 2.63. The highest BCUT2D eigenvalue weighted by molar-refractivity contribution is 5.75. The molecule has 0 heterocycles. The highest BCUT2D eigenvalue weighted by Crippen LogP contribution is 2.17. The van der Waals surface area contributed by atoms with E-state index >= 15 is 0 Å². The summed E-state index contributed by atoms with van der Waals surface area (Å²) < 4.78 is 5.14. The summed E-state index contributed by atoms with van der Waals surface area (Å²) in [5, 5.41) is 11.3. The zero-order valence-corrected chi connectivity index (χ0v) is 15.0. The van der Waals surface area contributed by atoms with Crippen molar-refractivity contribution < 1.29 is 19.4 Å². The van der Waals surface area contributed by atoms with Crippen LogP contribution in [0.2, 0.25) is 0 Å². The van der Waals surface area contributed by atoms with Gasteiger partial charge in [-0.15, -0.1) is 0 Å². The number of hydrogen-bond acceptors (Lipinski definition) is 3. The average Bonchev–Trinajstić information content (AvgIpc) is 2.50. The van der Waals surface area contributed by atoms with Crippen molar-refractivity contribution in [1.82, 2.24) is 10.2 Å². The van der Waals surface area contributed by atoms with Gasteiger partial charge in [-0.05, 0) is 29.5 Å². The molecule has 24 heavy (non-hydrogen) atoms. The Hall–Kier alpha value is -2.24. The lowest BCUT2D eigenvalue weighted by atomic mass is 9.96. The SMILES string of the molecule is COc1ccc(CCN(CC(C)(C)C)C(=O)NCCC(=O)O)cc1. The van der Waals surface area contributed by atoms with Crippen molar-refractivity contribution in [3.8, 4) is 5.75 Å². The number of ether oxygens (including phenoxy) is 1. The molecular weight excluding hydrogens is 308 g/mol. The van der Waals surface area contributed by atoms with Crippen LogP contribution in [0.4, 0.5) is 4.79 Å². The van der Waals surface area contributed by atoms with E-state index in [2.05, 4.69) is 26.1 Å². The van der Waals surface area contributed by atoms with Crippen LogP contribution in [0, 0.1) is 5.41 Å². The molecule has 1 aromatic rings. The van der Waals surface area contributed by atoms with Crippen molar-refractivity contribution in [2.75, 3.05) is 26.7 Å². The number of nitrogens with zero attached hydrogens (tertiary/aromatic N) is 1. The van der Waals surface area contributed by atoms with E-state index in [0.717, 1.165) is 17.7 Å². The highest BCUT2D eigenvalue weighted by atomic mass is 16.5. The number of urea groups is 1. The molecule has 0 saturated heterocycles. The summed E-state index contributed by atoms with van der Waals surface area (Å²) in [5.74, 6) is -0.118. The van der Waals surface area contributed by atoms with E-state index < -0.39 is 5.97 Å². The van der Waals surface area contributed by atoms with Crippen LogP contribution in [0.3, 0.4) is 0 Å². The molecule has 0 bridgehead atoms. The van der Waals surface area contributed by atoms with Gasteiger partial charge in [0.2, 0.25) is 0 Å². The van der Waals surface area contributed by atoms with Crippen molar-refractivity contribution in [3.05, 3.63) is 29.8 Å². The Morgan fingerprint density at radius 3 is 2.33 bits per heavy atom. The first-order chi connectivity index (χ1) is 11.2. The number of carboxylic acids is 1. The van der Waals surface area contributed by atoms with Crippen LogP contribution in [0.1, 0.15) is 32.8 Å². The second-order valence-electron chi connectivity index (χ2n) is 6.96. The molecule has 134 valence electrons. The molecule has 1 rings (SSSR count). The molecule has 0 fully saturated rings. The molecule has 0 spiro atoms. The van der Waals surface area contributed by atoms with E-state index in [9.17, 15) is 9.59 Å². The number of carboxylic acid groups (broad SMARTS) is 1. The van der Waals surface area contributed by atoms with Crippen LogP contribution >= 0.6 is 0 Å². The number of methoxy groups -OCH3 is 1. The van der Waals surface area contributed by atoms with Gasteiger partial charge in [0, 0.05) is 19.6 Å². The maximum atomic E-state index is 12.3. The number of hydrogen-bond donors (Lipinski definition) is 2. The van der Waals surface area contributed by atoms with Gasteiger partial charge in [0.1, 0.15) is 5.75 Å². The minimum atomic E-state index is -0.920. The van der Waals surface area contributed by atoms with Gasteiger partial charge in [-0.1, -0.05) is 32.9 Å². The predicted molar refractivity (Wildman–Crippen MR) is 93.4 cm³/mol. The van der Waals surface area contributed by atoms with Crippen molar-refractivity contribution in [3.63, 3.8) is 0 Å². The fraction of sp³-hybridized carbons (Fsp3) is 0.556. The summed E-state index contributed by atoms with van der Waals surface area (Å²) in [7, 11) is 1.63. The van der Waals surface area contributed by atoms with Crippen LogP contribution in [0.15, 0.2) is 24.3 Å². The molecule has 0 radical (unpaired) electrons. The standard InChI is InChI=1S/C18H28N2O4/c1-18(2,3)13-20(17(23)19-11-9-16(21)22)12-10-14-5-7-15(24-4)8-6-14/h5-8H,9-13H2,1-4H3,(H,19,23)(H,21,22). The van der Waals surface area contributed by atoms with Crippen molar-refractivity contribution in [2.24, 2.45) is 5.41 Å². The summed E-state index contributed by atoms with van der Waals surface area (Å²) >= 11 is 0. The van der Waals surface area contributed by atoms with Crippen molar-refractivity contribution >= 4 is 12.0 Å². The minimum absolute atomic E-state index is 0.0377. The second-order valence-corrected chi connectivity index (χ2v) is 6.96. The Morgan fingerprint density at radius 2 is 1.83 bits per heavy atom. The van der Waals surface area contributed by atoms with Gasteiger partial charge in [-0.2, -0.15) is 0 Å². The number of nitrogens with one attached hydrogen (secondary N) is 1. The normalized spacial score (nSPS) is 11.0. The summed E-state index contributed by atoms with van der Waals surface area (Å²) in [5.41, 5.74) is 1.08. The fourth-order valence-electron chi connectivity index (χ4n) is 2.27. The maximum Gasteiger partial charge on any atom is 0.317 e. The molecule has 2 amide bonds. The molecule has 0 atom stereocenters. The molecule has 0 unspecified atom stereocenters. The molecule has 0 aromatic heterocycles. The molecule has 1 aromatic carbocycles. The van der Waals surface area contributed by atoms with Gasteiger partial charge < -0.3 is 20.1 Å². The van der Waals surface area contributed by atoms with Crippen molar-refractivity contribution in [1.29, 1.82) is 0 Å². The van der Waals surface area contributed by atoms with Crippen LogP contribution in [-0.2, 0) is 11.2 Å². The van der Waals surface area contributed by atoms with Gasteiger partial charge in [0.05, 0.1) is 13.5 Å². The smallest absolute Gasteiger partial charge is 0.317 e. The average molecular weight is 336 g/mol. The third-order valence-electron chi connectivity index (χ3n) is 3.40. The first kappa shape index (κ1) is 19.8. The first-order valence-corrected chi connectivity index (χ1v) is 8.09. The highest BCUT2D eigenvalue weighted by Gasteiger charge is 2.20. The third kappa shape index (κ3) is 7.85. The quantitative estimate of drug-likeness (QED) is 0.765. The molecule has 2 N–H and O–H groups in total. The Kier molecular flexibility index (Phi) is 7.55. The third-order valence-corrected chi connectivity index (χ3v) is 3.40. The molecule has 0 aliphatic carbocycles. The lowest BCUT2D eigenvalue weighted by molar-refractivity contribution is -0.136. The Labute approximate surface area is 143 Å². The van der Waals surface area contributed by atoms with E-state index in [0.29, 0.717) is 13.1 Å². The monoisotopic (exact) mass is 336 g/mol. The largest absolute Gasteiger partial charge is 0.497 e. The fourth-order valence-corrected chi connectivity index (χ4v) is 2.27. The molecular formula is C18H28N2O4. The van der Waals surface area contributed by atoms with Gasteiger partial charge in [0.25, 0.3) is 0 Å². The number of benzene rings is 1. The van der Waals surface area contributed by atoms with E-state index in [1.807, 2.05) is 24.3 Å². The molecule has 0 aliphatic heterocycles. The first-order valence-electron chi connectivity index (χ1n) is 8.09. The molecule has 0 aliphatic rings. The predicted octanol–water partition coefficient (Wildman–Crippen LogP) is 2.77. The van der Waals surface area contributed by atoms with Crippen LogP contribution in [0.5, 0.6) is 5.75 Å². The molecule has 6 heteroatoms. The van der Waals surface area contributed by atoms with Gasteiger partial charge in [-0.3, -0.25) is 4.79 Å². The lowest BCUT2D eigenvalue weighted by Gasteiger charge is -2.30. The van der Waals surface area contributed by atoms with Crippen molar-refractivity contribution in [2.45, 2.75) is 33.6 Å². The molecule has 6 nitrogen and oxygen atoms in total. The number of carbonyl (C=O) groups is 2.